The molecule has 2 atom stereocenters. The van der Waals surface area contributed by atoms with E-state index in [0.717, 1.165) is 32.1 Å². The van der Waals surface area contributed by atoms with Gasteiger partial charge in [0.15, 0.2) is 5.69 Å². The van der Waals surface area contributed by atoms with Crippen LogP contribution in [0, 0.1) is 0 Å². The number of carbonyl (C=O) groups excluding carboxylic acids is 1. The van der Waals surface area contributed by atoms with Crippen molar-refractivity contribution >= 4 is 29.1 Å². The molecule has 0 aliphatic carbocycles. The summed E-state index contributed by atoms with van der Waals surface area (Å²) in [6.07, 6.45) is 7.34. The van der Waals surface area contributed by atoms with Crippen LogP contribution in [0.1, 0.15) is 62.4 Å². The van der Waals surface area contributed by atoms with Crippen molar-refractivity contribution in [3.8, 4) is 0 Å². The number of rotatable bonds is 6. The topological polar surface area (TPSA) is 76.0 Å². The number of hydrogen-bond donors (Lipinski definition) is 2. The zero-order valence-corrected chi connectivity index (χ0v) is 17.1. The molecule has 2 aliphatic rings. The van der Waals surface area contributed by atoms with Gasteiger partial charge in [0.2, 0.25) is 0 Å². The van der Waals surface area contributed by atoms with E-state index in [0.29, 0.717) is 35.1 Å². The summed E-state index contributed by atoms with van der Waals surface area (Å²) in [6, 6.07) is 8.51. The van der Waals surface area contributed by atoms with Crippen molar-refractivity contribution < 1.29 is 4.79 Å². The lowest BCUT2D eigenvalue weighted by Gasteiger charge is -2.29. The number of hydrogen-bond acceptors (Lipinski definition) is 4. The Bertz CT molecular complexity index is 886. The first kappa shape index (κ1) is 20.8. The molecule has 2 unspecified atom stereocenters. The number of nitrogens with one attached hydrogen (secondary N) is 2. The molecule has 2 aliphatic heterocycles. The molecule has 2 aromatic rings. The molecule has 1 aromatic heterocycles. The lowest BCUT2D eigenvalue weighted by Crippen LogP contribution is -2.48. The van der Waals surface area contributed by atoms with Gasteiger partial charge in [-0.25, -0.2) is 4.68 Å². The van der Waals surface area contributed by atoms with Crippen LogP contribution in [0.15, 0.2) is 29.1 Å². The van der Waals surface area contributed by atoms with Gasteiger partial charge in [-0.1, -0.05) is 38.0 Å². The number of amides is 1. The average Bonchev–Trinajstić information content (AvgIpc) is 3.02. The number of nitrogens with zero attached hydrogens (tertiary/aromatic N) is 2. The van der Waals surface area contributed by atoms with Crippen molar-refractivity contribution in [3.63, 3.8) is 0 Å². The smallest absolute Gasteiger partial charge is 0.274 e. The van der Waals surface area contributed by atoms with Crippen molar-refractivity contribution in [1.82, 2.24) is 20.4 Å². The highest BCUT2D eigenvalue weighted by Crippen LogP contribution is 2.27. The third kappa shape index (κ3) is 4.23. The van der Waals surface area contributed by atoms with Crippen LogP contribution in [0.2, 0.25) is 0 Å². The fourth-order valence-electron chi connectivity index (χ4n) is 4.49. The number of fused-ring (bicyclic) bond motifs is 3. The Balaban J connectivity index is 0.00000225. The Hall–Kier alpha value is -1.92. The molecule has 1 aromatic carbocycles. The number of benzene rings is 1. The van der Waals surface area contributed by atoms with Crippen LogP contribution in [-0.2, 0) is 6.54 Å². The largest absolute Gasteiger partial charge is 0.348 e. The Morgan fingerprint density at radius 1 is 1.18 bits per heavy atom. The Kier molecular flexibility index (Phi) is 6.73. The molecule has 2 bridgehead atoms. The quantitative estimate of drug-likeness (QED) is 0.725. The molecule has 28 heavy (non-hydrogen) atoms. The fraction of sp³-hybridized carbons (Fsp3) is 0.571. The SMILES string of the molecule is CCCCCn1nc(C(=O)NC2CC3CCC(C2)N3)c2ccccc2c1=O.Cl. The first-order valence-electron chi connectivity index (χ1n) is 10.2. The number of aromatic nitrogens is 2. The third-order valence-corrected chi connectivity index (χ3v) is 5.86. The van der Waals surface area contributed by atoms with Gasteiger partial charge in [0, 0.05) is 30.1 Å². The van der Waals surface area contributed by atoms with E-state index in [4.69, 9.17) is 0 Å². The maximum Gasteiger partial charge on any atom is 0.274 e. The van der Waals surface area contributed by atoms with Gasteiger partial charge in [-0.05, 0) is 38.2 Å². The summed E-state index contributed by atoms with van der Waals surface area (Å²) in [5.41, 5.74) is 0.255. The molecular weight excluding hydrogens is 376 g/mol. The minimum absolute atomic E-state index is 0. The molecule has 2 fully saturated rings. The predicted octanol–water partition coefficient (Wildman–Crippen LogP) is 3.02. The van der Waals surface area contributed by atoms with E-state index in [1.165, 1.54) is 17.5 Å². The highest BCUT2D eigenvalue weighted by Gasteiger charge is 2.34. The molecule has 6 nitrogen and oxygen atoms in total. The second kappa shape index (κ2) is 9.05. The van der Waals surface area contributed by atoms with E-state index in [9.17, 15) is 9.59 Å². The average molecular weight is 405 g/mol. The van der Waals surface area contributed by atoms with E-state index in [-0.39, 0.29) is 29.9 Å². The summed E-state index contributed by atoms with van der Waals surface area (Å²) in [5, 5.41) is 12.5. The fourth-order valence-corrected chi connectivity index (χ4v) is 4.49. The zero-order chi connectivity index (χ0) is 18.8. The first-order chi connectivity index (χ1) is 13.2. The molecule has 2 saturated heterocycles. The van der Waals surface area contributed by atoms with Gasteiger partial charge in [0.25, 0.3) is 11.5 Å². The van der Waals surface area contributed by atoms with Crippen LogP contribution < -0.4 is 16.2 Å². The minimum atomic E-state index is -0.165. The number of piperidine rings is 1. The van der Waals surface area contributed by atoms with E-state index in [1.54, 1.807) is 6.07 Å². The van der Waals surface area contributed by atoms with Gasteiger partial charge in [-0.15, -0.1) is 12.4 Å². The van der Waals surface area contributed by atoms with Crippen molar-refractivity contribution in [3.05, 3.63) is 40.3 Å². The lowest BCUT2D eigenvalue weighted by atomic mass is 9.99. The molecule has 4 rings (SSSR count). The minimum Gasteiger partial charge on any atom is -0.348 e. The highest BCUT2D eigenvalue weighted by atomic mass is 35.5. The van der Waals surface area contributed by atoms with E-state index < -0.39 is 0 Å². The van der Waals surface area contributed by atoms with Gasteiger partial charge in [0.05, 0.1) is 5.39 Å². The Morgan fingerprint density at radius 2 is 1.86 bits per heavy atom. The molecular formula is C21H29ClN4O2. The normalized spacial score (nSPS) is 23.4. The summed E-state index contributed by atoms with van der Waals surface area (Å²) in [7, 11) is 0. The van der Waals surface area contributed by atoms with Crippen LogP contribution in [0.3, 0.4) is 0 Å². The molecule has 152 valence electrons. The van der Waals surface area contributed by atoms with E-state index >= 15 is 0 Å². The molecule has 0 saturated carbocycles. The van der Waals surface area contributed by atoms with Crippen molar-refractivity contribution in [1.29, 1.82) is 0 Å². The van der Waals surface area contributed by atoms with Crippen LogP contribution in [-0.4, -0.2) is 33.8 Å². The first-order valence-corrected chi connectivity index (χ1v) is 10.2. The molecule has 2 N–H and O–H groups in total. The van der Waals surface area contributed by atoms with Gasteiger partial charge >= 0.3 is 0 Å². The molecule has 0 spiro atoms. The number of halogens is 1. The monoisotopic (exact) mass is 404 g/mol. The number of carbonyl (C=O) groups is 1. The summed E-state index contributed by atoms with van der Waals surface area (Å²) in [6.45, 7) is 2.68. The van der Waals surface area contributed by atoms with Gasteiger partial charge < -0.3 is 10.6 Å². The maximum absolute atomic E-state index is 13.0. The number of aryl methyl sites for hydroxylation is 1. The second-order valence-corrected chi connectivity index (χ2v) is 7.91. The van der Waals surface area contributed by atoms with Crippen LogP contribution in [0.4, 0.5) is 0 Å². The molecule has 1 amide bonds. The standard InChI is InChI=1S/C21H28N4O2.ClH/c1-2-3-6-11-25-21(27)18-8-5-4-7-17(18)19(24-25)20(26)23-16-12-14-9-10-15(13-16)22-14;/h4-5,7-8,14-16,22H,2-3,6,9-13H2,1H3,(H,23,26);1H. The van der Waals surface area contributed by atoms with Gasteiger partial charge in [0.1, 0.15) is 0 Å². The van der Waals surface area contributed by atoms with Crippen molar-refractivity contribution in [2.45, 2.75) is 76.5 Å². The lowest BCUT2D eigenvalue weighted by molar-refractivity contribution is 0.0918. The molecule has 7 heteroatoms. The van der Waals surface area contributed by atoms with Gasteiger partial charge in [-0.3, -0.25) is 9.59 Å². The second-order valence-electron chi connectivity index (χ2n) is 7.91. The van der Waals surface area contributed by atoms with Crippen LogP contribution in [0.5, 0.6) is 0 Å². The van der Waals surface area contributed by atoms with Gasteiger partial charge in [-0.2, -0.15) is 5.10 Å². The zero-order valence-electron chi connectivity index (χ0n) is 16.3. The molecule has 3 heterocycles. The summed E-state index contributed by atoms with van der Waals surface area (Å²) >= 11 is 0. The maximum atomic E-state index is 13.0. The third-order valence-electron chi connectivity index (χ3n) is 5.86. The number of unbranched alkanes of at least 4 members (excludes halogenated alkanes) is 2. The Labute approximate surface area is 171 Å². The Morgan fingerprint density at radius 3 is 2.54 bits per heavy atom. The highest BCUT2D eigenvalue weighted by molar-refractivity contribution is 6.04. The van der Waals surface area contributed by atoms with Crippen LogP contribution in [0.25, 0.3) is 10.8 Å². The van der Waals surface area contributed by atoms with E-state index in [2.05, 4.69) is 22.7 Å². The summed E-state index contributed by atoms with van der Waals surface area (Å²) in [4.78, 5) is 25.8. The van der Waals surface area contributed by atoms with Crippen molar-refractivity contribution in [2.75, 3.05) is 0 Å². The van der Waals surface area contributed by atoms with E-state index in [1.807, 2.05) is 18.2 Å². The van der Waals surface area contributed by atoms with Crippen molar-refractivity contribution in [2.24, 2.45) is 0 Å². The summed E-state index contributed by atoms with van der Waals surface area (Å²) < 4.78 is 1.47. The summed E-state index contributed by atoms with van der Waals surface area (Å²) in [5.74, 6) is -0.165. The molecule has 0 radical (unpaired) electrons. The van der Waals surface area contributed by atoms with Crippen LogP contribution >= 0.6 is 12.4 Å². The predicted molar refractivity (Wildman–Crippen MR) is 113 cm³/mol.